The molecule has 0 aromatic carbocycles. The third-order valence-corrected chi connectivity index (χ3v) is 3.36. The van der Waals surface area contributed by atoms with E-state index in [0.717, 1.165) is 13.0 Å². The van der Waals surface area contributed by atoms with Gasteiger partial charge in [0.1, 0.15) is 5.69 Å². The zero-order chi connectivity index (χ0) is 12.7. The molecule has 0 atom stereocenters. The van der Waals surface area contributed by atoms with E-state index in [1.807, 2.05) is 17.0 Å². The van der Waals surface area contributed by atoms with Gasteiger partial charge in [-0.3, -0.25) is 9.78 Å². The first-order chi connectivity index (χ1) is 7.82. The van der Waals surface area contributed by atoms with Crippen molar-refractivity contribution in [1.29, 1.82) is 0 Å². The molecule has 1 aromatic rings. The predicted molar refractivity (Wildman–Crippen MR) is 67.8 cm³/mol. The number of aromatic nitrogens is 1. The maximum Gasteiger partial charge on any atom is 0.272 e. The Morgan fingerprint density at radius 1 is 1.29 bits per heavy atom. The molecule has 1 amide bonds. The summed E-state index contributed by atoms with van der Waals surface area (Å²) in [5, 5.41) is 0. The molecular weight excluding hydrogens is 212 g/mol. The lowest BCUT2D eigenvalue weighted by molar-refractivity contribution is 0.0640. The maximum atomic E-state index is 12.4. The summed E-state index contributed by atoms with van der Waals surface area (Å²) in [5.41, 5.74) is 0.643. The summed E-state index contributed by atoms with van der Waals surface area (Å²) in [5.74, 6) is 0.0428. The van der Waals surface area contributed by atoms with Crippen molar-refractivity contribution in [3.8, 4) is 0 Å². The summed E-state index contributed by atoms with van der Waals surface area (Å²) in [6.07, 6.45) is 2.69. The highest BCUT2D eigenvalue weighted by atomic mass is 16.2. The van der Waals surface area contributed by atoms with Gasteiger partial charge in [-0.2, -0.15) is 0 Å². The Morgan fingerprint density at radius 2 is 2.00 bits per heavy atom. The molecule has 1 aromatic heterocycles. The van der Waals surface area contributed by atoms with E-state index >= 15 is 0 Å². The van der Waals surface area contributed by atoms with Crippen LogP contribution < -0.4 is 0 Å². The Balaban J connectivity index is 2.27. The van der Waals surface area contributed by atoms with E-state index in [9.17, 15) is 4.79 Å². The summed E-state index contributed by atoms with van der Waals surface area (Å²) in [6, 6.07) is 5.47. The summed E-state index contributed by atoms with van der Waals surface area (Å²) < 4.78 is 0. The molecule has 0 spiro atoms. The zero-order valence-electron chi connectivity index (χ0n) is 11.0. The standard InChI is InChI=1S/C14H20N2O/c1-13(2)9-14(3,4)16(10-13)12(17)11-7-5-6-8-15-11/h5-8H,9-10H2,1-4H3. The zero-order valence-corrected chi connectivity index (χ0v) is 11.0. The van der Waals surface area contributed by atoms with E-state index in [2.05, 4.69) is 32.7 Å². The molecule has 0 saturated carbocycles. The Bertz CT molecular complexity index is 423. The van der Waals surface area contributed by atoms with Crippen molar-refractivity contribution in [1.82, 2.24) is 9.88 Å². The van der Waals surface area contributed by atoms with Crippen LogP contribution in [0.4, 0.5) is 0 Å². The molecule has 3 nitrogen and oxygen atoms in total. The van der Waals surface area contributed by atoms with Gasteiger partial charge in [-0.1, -0.05) is 19.9 Å². The normalized spacial score (nSPS) is 21.5. The molecule has 2 heterocycles. The van der Waals surface area contributed by atoms with Crippen LogP contribution >= 0.6 is 0 Å². The number of carbonyl (C=O) groups excluding carboxylic acids is 1. The Kier molecular flexibility index (Phi) is 2.72. The summed E-state index contributed by atoms with van der Waals surface area (Å²) >= 11 is 0. The second-order valence-electron chi connectivity index (χ2n) is 6.26. The number of amides is 1. The van der Waals surface area contributed by atoms with Crippen molar-refractivity contribution < 1.29 is 4.79 Å². The number of carbonyl (C=O) groups is 1. The van der Waals surface area contributed by atoms with Crippen molar-refractivity contribution in [2.45, 2.75) is 39.7 Å². The largest absolute Gasteiger partial charge is 0.332 e. The Labute approximate surface area is 103 Å². The third-order valence-electron chi connectivity index (χ3n) is 3.36. The molecule has 1 aliphatic rings. The van der Waals surface area contributed by atoms with Crippen molar-refractivity contribution in [2.75, 3.05) is 6.54 Å². The molecule has 0 aliphatic carbocycles. The van der Waals surface area contributed by atoms with Crippen LogP contribution in [0, 0.1) is 5.41 Å². The van der Waals surface area contributed by atoms with Crippen LogP contribution in [0.2, 0.25) is 0 Å². The molecule has 92 valence electrons. The quantitative estimate of drug-likeness (QED) is 0.746. The van der Waals surface area contributed by atoms with Gasteiger partial charge in [-0.15, -0.1) is 0 Å². The molecule has 1 saturated heterocycles. The second-order valence-corrected chi connectivity index (χ2v) is 6.26. The first kappa shape index (κ1) is 12.1. The van der Waals surface area contributed by atoms with E-state index in [1.54, 1.807) is 12.3 Å². The van der Waals surface area contributed by atoms with E-state index in [1.165, 1.54) is 0 Å². The molecule has 17 heavy (non-hydrogen) atoms. The fourth-order valence-corrected chi connectivity index (χ4v) is 2.94. The molecular formula is C14H20N2O. The Morgan fingerprint density at radius 3 is 2.47 bits per heavy atom. The number of pyridine rings is 1. The van der Waals surface area contributed by atoms with E-state index in [0.29, 0.717) is 5.69 Å². The predicted octanol–water partition coefficient (Wildman–Crippen LogP) is 2.73. The Hall–Kier alpha value is -1.38. The molecule has 0 bridgehead atoms. The average molecular weight is 232 g/mol. The van der Waals surface area contributed by atoms with Crippen LogP contribution in [-0.4, -0.2) is 27.9 Å². The number of likely N-dealkylation sites (tertiary alicyclic amines) is 1. The van der Waals surface area contributed by atoms with Gasteiger partial charge < -0.3 is 4.90 Å². The van der Waals surface area contributed by atoms with Gasteiger partial charge in [0.25, 0.3) is 5.91 Å². The van der Waals surface area contributed by atoms with Crippen molar-refractivity contribution >= 4 is 5.91 Å². The lowest BCUT2D eigenvalue weighted by atomic mass is 9.86. The first-order valence-corrected chi connectivity index (χ1v) is 6.05. The molecule has 1 fully saturated rings. The second kappa shape index (κ2) is 3.83. The third kappa shape index (κ3) is 2.33. The minimum Gasteiger partial charge on any atom is -0.332 e. The number of hydrogen-bond donors (Lipinski definition) is 0. The van der Waals surface area contributed by atoms with Crippen LogP contribution in [0.25, 0.3) is 0 Å². The highest BCUT2D eigenvalue weighted by molar-refractivity contribution is 5.93. The van der Waals surface area contributed by atoms with Crippen molar-refractivity contribution in [3.63, 3.8) is 0 Å². The maximum absolute atomic E-state index is 12.4. The molecule has 2 rings (SSSR count). The van der Waals surface area contributed by atoms with Crippen LogP contribution in [-0.2, 0) is 0 Å². The van der Waals surface area contributed by atoms with E-state index in [4.69, 9.17) is 0 Å². The summed E-state index contributed by atoms with van der Waals surface area (Å²) in [6.45, 7) is 9.47. The monoisotopic (exact) mass is 232 g/mol. The topological polar surface area (TPSA) is 33.2 Å². The van der Waals surface area contributed by atoms with Crippen LogP contribution in [0.1, 0.15) is 44.6 Å². The highest BCUT2D eigenvalue weighted by Crippen LogP contribution is 2.41. The molecule has 0 radical (unpaired) electrons. The number of nitrogens with zero attached hydrogens (tertiary/aromatic N) is 2. The lowest BCUT2D eigenvalue weighted by Gasteiger charge is -2.31. The minimum atomic E-state index is -0.0852. The van der Waals surface area contributed by atoms with Crippen molar-refractivity contribution in [2.24, 2.45) is 5.41 Å². The molecule has 1 aliphatic heterocycles. The SMILES string of the molecule is CC1(C)CN(C(=O)c2ccccn2)C(C)(C)C1. The first-order valence-electron chi connectivity index (χ1n) is 6.05. The van der Waals surface area contributed by atoms with Crippen molar-refractivity contribution in [3.05, 3.63) is 30.1 Å². The lowest BCUT2D eigenvalue weighted by Crippen LogP contribution is -2.43. The number of rotatable bonds is 1. The van der Waals surface area contributed by atoms with Gasteiger partial charge >= 0.3 is 0 Å². The smallest absolute Gasteiger partial charge is 0.272 e. The van der Waals surface area contributed by atoms with Gasteiger partial charge in [0.2, 0.25) is 0 Å². The van der Waals surface area contributed by atoms with E-state index in [-0.39, 0.29) is 16.9 Å². The van der Waals surface area contributed by atoms with Crippen LogP contribution in [0.15, 0.2) is 24.4 Å². The average Bonchev–Trinajstić information content (AvgIpc) is 2.47. The van der Waals surface area contributed by atoms with Crippen LogP contribution in [0.3, 0.4) is 0 Å². The highest BCUT2D eigenvalue weighted by Gasteiger charge is 2.45. The molecule has 3 heteroatoms. The van der Waals surface area contributed by atoms with E-state index < -0.39 is 0 Å². The van der Waals surface area contributed by atoms with Gasteiger partial charge in [0, 0.05) is 18.3 Å². The fourth-order valence-electron chi connectivity index (χ4n) is 2.94. The molecule has 0 N–H and O–H groups in total. The molecule has 0 unspecified atom stereocenters. The van der Waals surface area contributed by atoms with Crippen LogP contribution in [0.5, 0.6) is 0 Å². The summed E-state index contributed by atoms with van der Waals surface area (Å²) in [7, 11) is 0. The summed E-state index contributed by atoms with van der Waals surface area (Å²) in [4.78, 5) is 18.5. The minimum absolute atomic E-state index is 0.0428. The van der Waals surface area contributed by atoms with Gasteiger partial charge in [0.05, 0.1) is 0 Å². The van der Waals surface area contributed by atoms with Gasteiger partial charge in [0.15, 0.2) is 0 Å². The van der Waals surface area contributed by atoms with Gasteiger partial charge in [-0.05, 0) is 37.8 Å². The fraction of sp³-hybridized carbons (Fsp3) is 0.571. The van der Waals surface area contributed by atoms with Gasteiger partial charge in [-0.25, -0.2) is 0 Å². The number of hydrogen-bond acceptors (Lipinski definition) is 2.